The van der Waals surface area contributed by atoms with Gasteiger partial charge in [-0.05, 0) is 31.5 Å². The Hall–Kier alpha value is -1.89. The maximum atomic E-state index is 11.6. The highest BCUT2D eigenvalue weighted by Crippen LogP contribution is 2.11. The first-order valence-electron chi connectivity index (χ1n) is 6.83. The number of nitrogens with one attached hydrogen (secondary N) is 2. The summed E-state index contributed by atoms with van der Waals surface area (Å²) in [5.41, 5.74) is 0.796. The number of carbonyl (C=O) groups excluding carboxylic acids is 3. The minimum Gasteiger partial charge on any atom is -0.455 e. The molecule has 0 fully saturated rings. The van der Waals surface area contributed by atoms with Gasteiger partial charge < -0.3 is 15.4 Å². The minimum atomic E-state index is -0.511. The van der Waals surface area contributed by atoms with E-state index in [1.54, 1.807) is 12.1 Å². The van der Waals surface area contributed by atoms with E-state index in [0.717, 1.165) is 10.0 Å². The first-order valence-corrected chi connectivity index (χ1v) is 7.62. The molecule has 7 heteroatoms. The summed E-state index contributed by atoms with van der Waals surface area (Å²) < 4.78 is 5.78. The largest absolute Gasteiger partial charge is 0.455 e. The van der Waals surface area contributed by atoms with Crippen molar-refractivity contribution in [1.29, 1.82) is 0 Å². The molecule has 0 atom stereocenters. The molecule has 1 aromatic carbocycles. The van der Waals surface area contributed by atoms with Crippen molar-refractivity contribution in [3.63, 3.8) is 0 Å². The van der Waals surface area contributed by atoms with Crippen LogP contribution in [0.3, 0.4) is 0 Å². The van der Waals surface area contributed by atoms with Crippen LogP contribution in [0.4, 0.5) is 0 Å². The SMILES string of the molecule is CC(C)NC(=O)CNC(=O)COC(=O)Cc1ccc(Br)cc1. The van der Waals surface area contributed by atoms with E-state index < -0.39 is 18.5 Å². The van der Waals surface area contributed by atoms with Gasteiger partial charge in [0.05, 0.1) is 13.0 Å². The highest BCUT2D eigenvalue weighted by atomic mass is 79.9. The van der Waals surface area contributed by atoms with E-state index in [1.165, 1.54) is 0 Å². The van der Waals surface area contributed by atoms with E-state index in [-0.39, 0.29) is 24.9 Å². The second-order valence-electron chi connectivity index (χ2n) is 4.96. The smallest absolute Gasteiger partial charge is 0.310 e. The molecule has 0 spiro atoms. The fourth-order valence-corrected chi connectivity index (χ4v) is 1.83. The molecule has 0 radical (unpaired) electrons. The molecular weight excluding hydrogens is 352 g/mol. The lowest BCUT2D eigenvalue weighted by Crippen LogP contribution is -2.41. The Morgan fingerprint density at radius 2 is 1.77 bits per heavy atom. The van der Waals surface area contributed by atoms with Crippen molar-refractivity contribution in [1.82, 2.24) is 10.6 Å². The van der Waals surface area contributed by atoms with E-state index in [4.69, 9.17) is 4.74 Å². The molecule has 120 valence electrons. The molecule has 0 aromatic heterocycles. The predicted molar refractivity (Wildman–Crippen MR) is 85.1 cm³/mol. The highest BCUT2D eigenvalue weighted by molar-refractivity contribution is 9.10. The first-order chi connectivity index (χ1) is 10.4. The van der Waals surface area contributed by atoms with E-state index in [1.807, 2.05) is 26.0 Å². The highest BCUT2D eigenvalue weighted by Gasteiger charge is 2.10. The van der Waals surface area contributed by atoms with Crippen LogP contribution in [0.2, 0.25) is 0 Å². The standard InChI is InChI=1S/C15H19BrN2O4/c1-10(2)18-13(19)8-17-14(20)9-22-15(21)7-11-3-5-12(16)6-4-11/h3-6,10H,7-9H2,1-2H3,(H,17,20)(H,18,19). The Kier molecular flexibility index (Phi) is 7.59. The summed E-state index contributed by atoms with van der Waals surface area (Å²) in [4.78, 5) is 34.4. The van der Waals surface area contributed by atoms with Crippen molar-refractivity contribution in [3.05, 3.63) is 34.3 Å². The molecule has 0 aliphatic carbocycles. The van der Waals surface area contributed by atoms with Crippen LogP contribution in [0.25, 0.3) is 0 Å². The van der Waals surface area contributed by atoms with Gasteiger partial charge in [0, 0.05) is 10.5 Å². The fraction of sp³-hybridized carbons (Fsp3) is 0.400. The average molecular weight is 371 g/mol. The Morgan fingerprint density at radius 1 is 1.14 bits per heavy atom. The van der Waals surface area contributed by atoms with Gasteiger partial charge in [-0.1, -0.05) is 28.1 Å². The number of hydrogen-bond acceptors (Lipinski definition) is 4. The predicted octanol–water partition coefficient (Wildman–Crippen LogP) is 1.18. The third kappa shape index (κ3) is 7.78. The summed E-state index contributed by atoms with van der Waals surface area (Å²) in [6.45, 7) is 3.11. The molecule has 0 bridgehead atoms. The second-order valence-corrected chi connectivity index (χ2v) is 5.88. The third-order valence-corrected chi connectivity index (χ3v) is 3.05. The minimum absolute atomic E-state index is 0.00754. The molecule has 0 unspecified atom stereocenters. The van der Waals surface area contributed by atoms with Gasteiger partial charge in [-0.25, -0.2) is 0 Å². The van der Waals surface area contributed by atoms with Crippen molar-refractivity contribution in [2.24, 2.45) is 0 Å². The second kappa shape index (κ2) is 9.19. The van der Waals surface area contributed by atoms with Crippen LogP contribution in [-0.2, 0) is 25.5 Å². The Bertz CT molecular complexity index is 529. The number of benzene rings is 1. The van der Waals surface area contributed by atoms with Gasteiger partial charge in [0.25, 0.3) is 5.91 Å². The van der Waals surface area contributed by atoms with Crippen molar-refractivity contribution >= 4 is 33.7 Å². The Labute approximate surface area is 137 Å². The fourth-order valence-electron chi connectivity index (χ4n) is 1.57. The van der Waals surface area contributed by atoms with Crippen LogP contribution < -0.4 is 10.6 Å². The van der Waals surface area contributed by atoms with Crippen molar-refractivity contribution in [2.75, 3.05) is 13.2 Å². The van der Waals surface area contributed by atoms with Crippen LogP contribution in [0.1, 0.15) is 19.4 Å². The summed E-state index contributed by atoms with van der Waals surface area (Å²) in [5, 5.41) is 5.02. The zero-order chi connectivity index (χ0) is 16.5. The maximum absolute atomic E-state index is 11.6. The molecule has 22 heavy (non-hydrogen) atoms. The monoisotopic (exact) mass is 370 g/mol. The molecular formula is C15H19BrN2O4. The quantitative estimate of drug-likeness (QED) is 0.705. The summed E-state index contributed by atoms with van der Waals surface area (Å²) in [6.07, 6.45) is 0.0917. The zero-order valence-corrected chi connectivity index (χ0v) is 14.1. The average Bonchev–Trinajstić information content (AvgIpc) is 2.44. The van der Waals surface area contributed by atoms with Crippen LogP contribution >= 0.6 is 15.9 Å². The number of hydrogen-bond donors (Lipinski definition) is 2. The lowest BCUT2D eigenvalue weighted by Gasteiger charge is -2.09. The molecule has 1 aromatic rings. The molecule has 0 heterocycles. The van der Waals surface area contributed by atoms with Gasteiger partial charge in [0.2, 0.25) is 5.91 Å². The third-order valence-electron chi connectivity index (χ3n) is 2.52. The van der Waals surface area contributed by atoms with Crippen LogP contribution in [0.5, 0.6) is 0 Å². The van der Waals surface area contributed by atoms with Gasteiger partial charge in [-0.2, -0.15) is 0 Å². The van der Waals surface area contributed by atoms with Crippen LogP contribution in [0, 0.1) is 0 Å². The number of esters is 1. The van der Waals surface area contributed by atoms with Crippen LogP contribution in [0.15, 0.2) is 28.7 Å². The Balaban J connectivity index is 2.24. The Morgan fingerprint density at radius 3 is 2.36 bits per heavy atom. The zero-order valence-electron chi connectivity index (χ0n) is 12.5. The van der Waals surface area contributed by atoms with E-state index >= 15 is 0 Å². The molecule has 6 nitrogen and oxygen atoms in total. The number of ether oxygens (including phenoxy) is 1. The summed E-state index contributed by atoms with van der Waals surface area (Å²) in [6, 6.07) is 7.24. The summed E-state index contributed by atoms with van der Waals surface area (Å²) in [7, 11) is 0. The number of rotatable bonds is 7. The van der Waals surface area contributed by atoms with E-state index in [0.29, 0.717) is 0 Å². The number of halogens is 1. The number of amides is 2. The number of carbonyl (C=O) groups is 3. The van der Waals surface area contributed by atoms with E-state index in [9.17, 15) is 14.4 Å². The molecule has 0 aliphatic rings. The van der Waals surface area contributed by atoms with Crippen molar-refractivity contribution < 1.29 is 19.1 Å². The van der Waals surface area contributed by atoms with Gasteiger partial charge in [0.1, 0.15) is 0 Å². The summed E-state index contributed by atoms with van der Waals surface area (Å²) >= 11 is 3.30. The topological polar surface area (TPSA) is 84.5 Å². The van der Waals surface area contributed by atoms with Gasteiger partial charge in [-0.3, -0.25) is 14.4 Å². The van der Waals surface area contributed by atoms with E-state index in [2.05, 4.69) is 26.6 Å². The van der Waals surface area contributed by atoms with Crippen LogP contribution in [-0.4, -0.2) is 37.0 Å². The normalized spacial score (nSPS) is 10.2. The van der Waals surface area contributed by atoms with Gasteiger partial charge in [-0.15, -0.1) is 0 Å². The van der Waals surface area contributed by atoms with Gasteiger partial charge in [0.15, 0.2) is 6.61 Å². The van der Waals surface area contributed by atoms with Gasteiger partial charge >= 0.3 is 5.97 Å². The molecule has 0 saturated heterocycles. The lowest BCUT2D eigenvalue weighted by molar-refractivity contribution is -0.147. The first kappa shape index (κ1) is 18.2. The van der Waals surface area contributed by atoms with Crippen molar-refractivity contribution in [3.8, 4) is 0 Å². The molecule has 2 N–H and O–H groups in total. The lowest BCUT2D eigenvalue weighted by atomic mass is 10.2. The molecule has 1 rings (SSSR count). The molecule has 0 aliphatic heterocycles. The summed E-state index contributed by atoms with van der Waals surface area (Å²) in [5.74, 6) is -1.29. The molecule has 0 saturated carbocycles. The van der Waals surface area contributed by atoms with Crippen molar-refractivity contribution in [2.45, 2.75) is 26.3 Å². The maximum Gasteiger partial charge on any atom is 0.310 e. The molecule has 2 amide bonds.